The zero-order valence-electron chi connectivity index (χ0n) is 14.2. The van der Waals surface area contributed by atoms with Gasteiger partial charge in [-0.05, 0) is 18.6 Å². The Kier molecular flexibility index (Phi) is 4.22. The number of aromatic nitrogens is 3. The van der Waals surface area contributed by atoms with Gasteiger partial charge in [-0.2, -0.15) is 0 Å². The number of carbonyl (C=O) groups is 1. The molecule has 0 saturated carbocycles. The van der Waals surface area contributed by atoms with E-state index in [1.54, 1.807) is 6.07 Å². The van der Waals surface area contributed by atoms with Crippen molar-refractivity contribution in [1.29, 1.82) is 0 Å². The molecule has 0 radical (unpaired) electrons. The monoisotopic (exact) mass is 338 g/mol. The first-order chi connectivity index (χ1) is 11.9. The molecule has 2 heterocycles. The minimum Gasteiger partial charge on any atom is -0.325 e. The third-order valence-electron chi connectivity index (χ3n) is 4.06. The lowest BCUT2D eigenvalue weighted by Crippen LogP contribution is -2.37. The van der Waals surface area contributed by atoms with Gasteiger partial charge >= 0.3 is 5.69 Å². The quantitative estimate of drug-likeness (QED) is 0.775. The maximum absolute atomic E-state index is 12.5. The Bertz CT molecular complexity index is 1100. The van der Waals surface area contributed by atoms with Crippen LogP contribution in [0.1, 0.15) is 11.1 Å². The summed E-state index contributed by atoms with van der Waals surface area (Å²) in [7, 11) is 2.94. The van der Waals surface area contributed by atoms with Crippen molar-refractivity contribution in [3.05, 3.63) is 68.5 Å². The molecule has 0 unspecified atom stereocenters. The number of pyridine rings is 1. The van der Waals surface area contributed by atoms with Gasteiger partial charge in [-0.15, -0.1) is 0 Å². The van der Waals surface area contributed by atoms with Gasteiger partial charge in [-0.3, -0.25) is 18.7 Å². The van der Waals surface area contributed by atoms with Crippen LogP contribution >= 0.6 is 0 Å². The number of nitrogens with one attached hydrogen (secondary N) is 1. The molecule has 0 bridgehead atoms. The zero-order chi connectivity index (χ0) is 18.1. The number of hydrogen-bond acceptors (Lipinski definition) is 4. The standard InChI is InChI=1S/C18H18N4O3/c1-11-5-4-6-12(9-11)10-14(23)20-13-7-8-19-16-15(13)17(24)22(3)18(25)21(16)2/h4-9H,10H2,1-3H3,(H,19,20,23). The molecule has 0 aliphatic carbocycles. The van der Waals surface area contributed by atoms with Crippen LogP contribution in [0, 0.1) is 6.92 Å². The lowest BCUT2D eigenvalue weighted by Gasteiger charge is -2.11. The number of benzene rings is 1. The molecule has 2 aromatic heterocycles. The van der Waals surface area contributed by atoms with E-state index in [-0.39, 0.29) is 23.4 Å². The molecule has 7 nitrogen and oxygen atoms in total. The normalized spacial score (nSPS) is 10.8. The van der Waals surface area contributed by atoms with Crippen LogP contribution in [0.15, 0.2) is 46.1 Å². The van der Waals surface area contributed by atoms with Crippen LogP contribution in [-0.2, 0) is 25.3 Å². The van der Waals surface area contributed by atoms with Crippen molar-refractivity contribution in [2.75, 3.05) is 5.32 Å². The van der Waals surface area contributed by atoms with Gasteiger partial charge in [0.15, 0.2) is 5.65 Å². The molecule has 7 heteroatoms. The van der Waals surface area contributed by atoms with Crippen molar-refractivity contribution in [3.8, 4) is 0 Å². The molecule has 3 rings (SSSR count). The number of aryl methyl sites for hydroxylation is 2. The molecular formula is C18H18N4O3. The molecule has 1 amide bonds. The van der Waals surface area contributed by atoms with Crippen molar-refractivity contribution in [2.24, 2.45) is 14.1 Å². The molecule has 0 saturated heterocycles. The van der Waals surface area contributed by atoms with Gasteiger partial charge in [0.1, 0.15) is 5.39 Å². The fourth-order valence-corrected chi connectivity index (χ4v) is 2.79. The van der Waals surface area contributed by atoms with Crippen molar-refractivity contribution >= 4 is 22.6 Å². The summed E-state index contributed by atoms with van der Waals surface area (Å²) in [6, 6.07) is 9.22. The van der Waals surface area contributed by atoms with E-state index in [9.17, 15) is 14.4 Å². The SMILES string of the molecule is Cc1cccc(CC(=O)Nc2ccnc3c2c(=O)n(C)c(=O)n3C)c1. The minimum absolute atomic E-state index is 0.192. The minimum atomic E-state index is -0.489. The van der Waals surface area contributed by atoms with Crippen LogP contribution in [0.25, 0.3) is 11.0 Å². The fourth-order valence-electron chi connectivity index (χ4n) is 2.79. The van der Waals surface area contributed by atoms with Gasteiger partial charge in [0.2, 0.25) is 5.91 Å². The van der Waals surface area contributed by atoms with Gasteiger partial charge < -0.3 is 5.32 Å². The second-order valence-electron chi connectivity index (χ2n) is 5.98. The van der Waals surface area contributed by atoms with Crippen molar-refractivity contribution < 1.29 is 4.79 Å². The maximum Gasteiger partial charge on any atom is 0.332 e. The second kappa shape index (κ2) is 6.35. The first-order valence-electron chi connectivity index (χ1n) is 7.78. The summed E-state index contributed by atoms with van der Waals surface area (Å²) < 4.78 is 2.28. The lowest BCUT2D eigenvalue weighted by atomic mass is 10.1. The highest BCUT2D eigenvalue weighted by Gasteiger charge is 2.15. The molecule has 0 fully saturated rings. The third kappa shape index (κ3) is 3.08. The number of fused-ring (bicyclic) bond motifs is 1. The van der Waals surface area contributed by atoms with Crippen LogP contribution in [0.2, 0.25) is 0 Å². The molecule has 25 heavy (non-hydrogen) atoms. The zero-order valence-corrected chi connectivity index (χ0v) is 14.2. The highest BCUT2D eigenvalue weighted by Crippen LogP contribution is 2.17. The molecule has 128 valence electrons. The smallest absolute Gasteiger partial charge is 0.325 e. The van der Waals surface area contributed by atoms with Gasteiger partial charge in [0.05, 0.1) is 12.1 Å². The molecule has 0 aliphatic heterocycles. The van der Waals surface area contributed by atoms with E-state index in [4.69, 9.17) is 0 Å². The fraction of sp³-hybridized carbons (Fsp3) is 0.222. The topological polar surface area (TPSA) is 86.0 Å². The first kappa shape index (κ1) is 16.6. The van der Waals surface area contributed by atoms with E-state index in [1.807, 2.05) is 31.2 Å². The van der Waals surface area contributed by atoms with Crippen LogP contribution in [0.3, 0.4) is 0 Å². The number of nitrogens with zero attached hydrogens (tertiary/aromatic N) is 3. The average Bonchev–Trinajstić information content (AvgIpc) is 2.57. The van der Waals surface area contributed by atoms with Gasteiger partial charge in [-0.25, -0.2) is 9.78 Å². The van der Waals surface area contributed by atoms with E-state index in [0.29, 0.717) is 5.69 Å². The summed E-state index contributed by atoms with van der Waals surface area (Å²) in [5, 5.41) is 2.97. The maximum atomic E-state index is 12.5. The van der Waals surface area contributed by atoms with E-state index >= 15 is 0 Å². The Morgan fingerprint density at radius 3 is 2.64 bits per heavy atom. The molecule has 0 spiro atoms. The summed E-state index contributed by atoms with van der Waals surface area (Å²) in [6.07, 6.45) is 1.65. The van der Waals surface area contributed by atoms with Crippen molar-refractivity contribution in [3.63, 3.8) is 0 Å². The average molecular weight is 338 g/mol. The molecule has 0 aliphatic rings. The third-order valence-corrected chi connectivity index (χ3v) is 4.06. The van der Waals surface area contributed by atoms with Crippen LogP contribution < -0.4 is 16.6 Å². The summed E-state index contributed by atoms with van der Waals surface area (Å²) in [5.74, 6) is -0.242. The number of hydrogen-bond donors (Lipinski definition) is 1. The van der Waals surface area contributed by atoms with Crippen molar-refractivity contribution in [1.82, 2.24) is 14.1 Å². The second-order valence-corrected chi connectivity index (χ2v) is 5.98. The highest BCUT2D eigenvalue weighted by molar-refractivity contribution is 6.00. The lowest BCUT2D eigenvalue weighted by molar-refractivity contribution is -0.115. The van der Waals surface area contributed by atoms with E-state index in [0.717, 1.165) is 15.7 Å². The number of rotatable bonds is 3. The predicted octanol–water partition coefficient (Wildman–Crippen LogP) is 1.12. The summed E-state index contributed by atoms with van der Waals surface area (Å²) in [4.78, 5) is 41.0. The van der Waals surface area contributed by atoms with Gasteiger partial charge in [0.25, 0.3) is 5.56 Å². The molecule has 1 aromatic carbocycles. The van der Waals surface area contributed by atoms with Gasteiger partial charge in [-0.1, -0.05) is 29.8 Å². The number of amides is 1. The Hall–Kier alpha value is -3.22. The Morgan fingerprint density at radius 2 is 1.92 bits per heavy atom. The summed E-state index contributed by atoms with van der Waals surface area (Å²) in [5.41, 5.74) is 1.59. The Labute approximate surface area is 143 Å². The van der Waals surface area contributed by atoms with Crippen LogP contribution in [0.4, 0.5) is 5.69 Å². The molecule has 0 atom stereocenters. The van der Waals surface area contributed by atoms with Crippen LogP contribution in [0.5, 0.6) is 0 Å². The van der Waals surface area contributed by atoms with Gasteiger partial charge in [0, 0.05) is 20.3 Å². The Morgan fingerprint density at radius 1 is 1.16 bits per heavy atom. The largest absolute Gasteiger partial charge is 0.332 e. The Balaban J connectivity index is 2.01. The van der Waals surface area contributed by atoms with E-state index < -0.39 is 11.2 Å². The summed E-state index contributed by atoms with van der Waals surface area (Å²) >= 11 is 0. The molecular weight excluding hydrogens is 320 g/mol. The first-order valence-corrected chi connectivity index (χ1v) is 7.78. The van der Waals surface area contributed by atoms with E-state index in [2.05, 4.69) is 10.3 Å². The van der Waals surface area contributed by atoms with Crippen molar-refractivity contribution in [2.45, 2.75) is 13.3 Å². The molecule has 1 N–H and O–H groups in total. The van der Waals surface area contributed by atoms with Crippen LogP contribution in [-0.4, -0.2) is 20.0 Å². The highest BCUT2D eigenvalue weighted by atomic mass is 16.2. The summed E-state index contributed by atoms with van der Waals surface area (Å²) in [6.45, 7) is 1.96. The number of carbonyl (C=O) groups excluding carboxylic acids is 1. The van der Waals surface area contributed by atoms with E-state index in [1.165, 1.54) is 24.9 Å². The predicted molar refractivity (Wildman–Crippen MR) is 95.7 cm³/mol. The number of anilines is 1. The molecule has 3 aromatic rings.